The molecule has 1 aliphatic heterocycles. The minimum absolute atomic E-state index is 0.0905. The number of urea groups is 1. The largest absolute Gasteiger partial charge is 0.491 e. The summed E-state index contributed by atoms with van der Waals surface area (Å²) in [5.41, 5.74) is 1.78. The van der Waals surface area contributed by atoms with E-state index in [1.807, 2.05) is 38.1 Å². The van der Waals surface area contributed by atoms with Gasteiger partial charge in [0.2, 0.25) is 10.0 Å². The highest BCUT2D eigenvalue weighted by Gasteiger charge is 2.25. The van der Waals surface area contributed by atoms with Gasteiger partial charge in [-0.25, -0.2) is 13.2 Å². The van der Waals surface area contributed by atoms with Crippen LogP contribution in [0.25, 0.3) is 0 Å². The summed E-state index contributed by atoms with van der Waals surface area (Å²) in [5.74, 6) is 0.773. The number of hydrogen-bond acceptors (Lipinski definition) is 4. The van der Waals surface area contributed by atoms with Crippen LogP contribution in [-0.2, 0) is 23.1 Å². The number of nitrogens with zero attached hydrogens (tertiary/aromatic N) is 1. The van der Waals surface area contributed by atoms with Gasteiger partial charge in [0, 0.05) is 26.2 Å². The van der Waals surface area contributed by atoms with Crippen molar-refractivity contribution < 1.29 is 17.9 Å². The van der Waals surface area contributed by atoms with Crippen LogP contribution in [0.3, 0.4) is 0 Å². The fourth-order valence-corrected chi connectivity index (χ4v) is 4.98. The standard InChI is InChI=1S/C23H31N3O4S/c1-18(2)30-21-8-6-7-20(15-21)17-25-23(27)24-16-19-9-11-22(12-10-19)31(28,29)26-13-4-3-5-14-26/h6-12,15,18H,3-5,13-14,16-17H2,1-2H3,(H2,24,25,27). The minimum Gasteiger partial charge on any atom is -0.491 e. The van der Waals surface area contributed by atoms with Crippen LogP contribution in [0.4, 0.5) is 4.79 Å². The van der Waals surface area contributed by atoms with Gasteiger partial charge in [0.05, 0.1) is 11.0 Å². The fraction of sp³-hybridized carbons (Fsp3) is 0.435. The lowest BCUT2D eigenvalue weighted by Gasteiger charge is -2.25. The predicted molar refractivity (Wildman–Crippen MR) is 120 cm³/mol. The molecule has 1 heterocycles. The first kappa shape index (κ1) is 23.1. The lowest BCUT2D eigenvalue weighted by Crippen LogP contribution is -2.35. The maximum Gasteiger partial charge on any atom is 0.315 e. The van der Waals surface area contributed by atoms with Gasteiger partial charge < -0.3 is 15.4 Å². The summed E-state index contributed by atoms with van der Waals surface area (Å²) in [7, 11) is -3.44. The average Bonchev–Trinajstić information content (AvgIpc) is 2.77. The third-order valence-corrected chi connectivity index (χ3v) is 6.97. The van der Waals surface area contributed by atoms with Gasteiger partial charge >= 0.3 is 6.03 Å². The van der Waals surface area contributed by atoms with Gasteiger partial charge in [0.25, 0.3) is 0 Å². The zero-order chi connectivity index (χ0) is 22.3. The van der Waals surface area contributed by atoms with Crippen molar-refractivity contribution in [2.24, 2.45) is 0 Å². The van der Waals surface area contributed by atoms with E-state index in [4.69, 9.17) is 4.74 Å². The number of rotatable bonds is 8. The Morgan fingerprint density at radius 1 is 0.968 bits per heavy atom. The third kappa shape index (κ3) is 6.70. The molecule has 8 heteroatoms. The predicted octanol–water partition coefficient (Wildman–Crippen LogP) is 3.65. The van der Waals surface area contributed by atoms with Gasteiger partial charge in [-0.05, 0) is 62.1 Å². The molecule has 0 aromatic heterocycles. The molecule has 0 spiro atoms. The summed E-state index contributed by atoms with van der Waals surface area (Å²) >= 11 is 0. The second-order valence-corrected chi connectivity index (χ2v) is 9.90. The Morgan fingerprint density at radius 3 is 2.26 bits per heavy atom. The van der Waals surface area contributed by atoms with E-state index in [1.54, 1.807) is 28.6 Å². The quantitative estimate of drug-likeness (QED) is 0.649. The van der Waals surface area contributed by atoms with Crippen molar-refractivity contribution in [3.05, 3.63) is 59.7 Å². The zero-order valence-electron chi connectivity index (χ0n) is 18.1. The van der Waals surface area contributed by atoms with Crippen LogP contribution in [0.15, 0.2) is 53.4 Å². The molecule has 7 nitrogen and oxygen atoms in total. The highest BCUT2D eigenvalue weighted by molar-refractivity contribution is 7.89. The summed E-state index contributed by atoms with van der Waals surface area (Å²) in [6.45, 7) is 5.79. The van der Waals surface area contributed by atoms with Gasteiger partial charge in [-0.3, -0.25) is 0 Å². The van der Waals surface area contributed by atoms with E-state index < -0.39 is 10.0 Å². The van der Waals surface area contributed by atoms with Gasteiger partial charge in [-0.15, -0.1) is 0 Å². The Balaban J connectivity index is 1.48. The van der Waals surface area contributed by atoms with Crippen molar-refractivity contribution >= 4 is 16.1 Å². The van der Waals surface area contributed by atoms with Crippen molar-refractivity contribution in [1.82, 2.24) is 14.9 Å². The Kier molecular flexibility index (Phi) is 7.92. The normalized spacial score (nSPS) is 14.9. The highest BCUT2D eigenvalue weighted by Crippen LogP contribution is 2.21. The van der Waals surface area contributed by atoms with E-state index in [0.717, 1.165) is 36.1 Å². The number of carbonyl (C=O) groups excluding carboxylic acids is 1. The molecule has 0 atom stereocenters. The van der Waals surface area contributed by atoms with Gasteiger partial charge in [-0.2, -0.15) is 4.31 Å². The van der Waals surface area contributed by atoms with E-state index in [1.165, 1.54) is 0 Å². The Hall–Kier alpha value is -2.58. The third-order valence-electron chi connectivity index (χ3n) is 5.05. The molecule has 0 unspecified atom stereocenters. The van der Waals surface area contributed by atoms with Crippen LogP contribution in [0, 0.1) is 0 Å². The number of piperidine rings is 1. The SMILES string of the molecule is CC(C)Oc1cccc(CNC(=O)NCc2ccc(S(=O)(=O)N3CCCCC3)cc2)c1. The number of carbonyl (C=O) groups is 1. The number of nitrogens with one attached hydrogen (secondary N) is 2. The van der Waals surface area contributed by atoms with Crippen molar-refractivity contribution in [2.75, 3.05) is 13.1 Å². The molecule has 2 aromatic rings. The lowest BCUT2D eigenvalue weighted by atomic mass is 10.2. The van der Waals surface area contributed by atoms with Crippen molar-refractivity contribution in [2.45, 2.75) is 57.2 Å². The van der Waals surface area contributed by atoms with Crippen molar-refractivity contribution in [1.29, 1.82) is 0 Å². The number of ether oxygens (including phenoxy) is 1. The molecule has 168 valence electrons. The molecule has 0 radical (unpaired) electrons. The average molecular weight is 446 g/mol. The van der Waals surface area contributed by atoms with Gasteiger partial charge in [-0.1, -0.05) is 30.7 Å². The van der Waals surface area contributed by atoms with E-state index in [-0.39, 0.29) is 12.1 Å². The molecular weight excluding hydrogens is 414 g/mol. The van der Waals surface area contributed by atoms with Crippen LogP contribution in [-0.4, -0.2) is 37.9 Å². The lowest BCUT2D eigenvalue weighted by molar-refractivity contribution is 0.239. The van der Waals surface area contributed by atoms with Crippen LogP contribution in [0.1, 0.15) is 44.2 Å². The number of sulfonamides is 1. The first-order valence-corrected chi connectivity index (χ1v) is 12.1. The van der Waals surface area contributed by atoms with Crippen LogP contribution in [0.5, 0.6) is 5.75 Å². The van der Waals surface area contributed by atoms with Crippen LogP contribution >= 0.6 is 0 Å². The number of hydrogen-bond donors (Lipinski definition) is 2. The summed E-state index contributed by atoms with van der Waals surface area (Å²) < 4.78 is 32.6. The Morgan fingerprint density at radius 2 is 1.61 bits per heavy atom. The molecule has 3 rings (SSSR count). The monoisotopic (exact) mass is 445 g/mol. The molecule has 2 N–H and O–H groups in total. The fourth-order valence-electron chi connectivity index (χ4n) is 3.46. The van der Waals surface area contributed by atoms with Gasteiger partial charge in [0.1, 0.15) is 5.75 Å². The smallest absolute Gasteiger partial charge is 0.315 e. The van der Waals surface area contributed by atoms with Crippen LogP contribution in [0.2, 0.25) is 0 Å². The zero-order valence-corrected chi connectivity index (χ0v) is 19.0. The molecule has 0 saturated carbocycles. The maximum absolute atomic E-state index is 12.7. The van der Waals surface area contributed by atoms with E-state index in [0.29, 0.717) is 31.1 Å². The summed E-state index contributed by atoms with van der Waals surface area (Å²) in [4.78, 5) is 12.4. The summed E-state index contributed by atoms with van der Waals surface area (Å²) in [5, 5.41) is 5.62. The van der Waals surface area contributed by atoms with E-state index in [9.17, 15) is 13.2 Å². The van der Waals surface area contributed by atoms with Crippen molar-refractivity contribution in [3.63, 3.8) is 0 Å². The molecule has 0 bridgehead atoms. The molecular formula is C23H31N3O4S. The maximum atomic E-state index is 12.7. The second kappa shape index (κ2) is 10.6. The Labute approximate surface area is 184 Å². The molecule has 1 saturated heterocycles. The molecule has 31 heavy (non-hydrogen) atoms. The van der Waals surface area contributed by atoms with Gasteiger partial charge in [0.15, 0.2) is 0 Å². The molecule has 0 aliphatic carbocycles. The summed E-state index contributed by atoms with van der Waals surface area (Å²) in [6, 6.07) is 14.0. The number of benzene rings is 2. The first-order chi connectivity index (χ1) is 14.8. The molecule has 2 aromatic carbocycles. The van der Waals surface area contributed by atoms with Crippen molar-refractivity contribution in [3.8, 4) is 5.75 Å². The first-order valence-electron chi connectivity index (χ1n) is 10.7. The van der Waals surface area contributed by atoms with E-state index >= 15 is 0 Å². The Bertz CT molecular complexity index is 969. The molecule has 2 amide bonds. The van der Waals surface area contributed by atoms with Crippen LogP contribution < -0.4 is 15.4 Å². The van der Waals surface area contributed by atoms with E-state index in [2.05, 4.69) is 10.6 Å². The summed E-state index contributed by atoms with van der Waals surface area (Å²) in [6.07, 6.45) is 2.99. The highest BCUT2D eigenvalue weighted by atomic mass is 32.2. The molecule has 1 fully saturated rings. The number of amides is 2. The second-order valence-electron chi connectivity index (χ2n) is 7.96. The minimum atomic E-state index is -3.44. The molecule has 1 aliphatic rings. The topological polar surface area (TPSA) is 87.7 Å².